The number of ether oxygens (including phenoxy) is 2. The van der Waals surface area contributed by atoms with Crippen molar-refractivity contribution < 1.29 is 22.7 Å². The predicted molar refractivity (Wildman–Crippen MR) is 131 cm³/mol. The number of rotatable bonds is 10. The third kappa shape index (κ3) is 5.90. The van der Waals surface area contributed by atoms with Crippen molar-refractivity contribution in [2.24, 2.45) is 0 Å². The topological polar surface area (TPSA) is 127 Å². The molecule has 186 valence electrons. The standard InChI is InChI=1S/C23H28N6O5S/c1-28-9-10-29(15-21(28)30)23-22-20(24-16-25-23)7-6-19(27-22)17-4-3-5-18(14-17)35(31,32)26-8-11-34-13-12-33-2/h3-7,14,16,26H,8-13,15H2,1-2H3. The Bertz CT molecular complexity index is 1300. The second-order valence-electron chi connectivity index (χ2n) is 8.03. The van der Waals surface area contributed by atoms with E-state index in [1.165, 1.54) is 12.4 Å². The number of aromatic nitrogens is 3. The molecule has 3 heterocycles. The third-order valence-corrected chi connectivity index (χ3v) is 7.09. The number of fused-ring (bicyclic) bond motifs is 1. The van der Waals surface area contributed by atoms with Crippen molar-refractivity contribution in [1.82, 2.24) is 24.6 Å². The monoisotopic (exact) mass is 500 g/mol. The van der Waals surface area contributed by atoms with Crippen molar-refractivity contribution in [2.45, 2.75) is 4.90 Å². The zero-order valence-electron chi connectivity index (χ0n) is 19.7. The summed E-state index contributed by atoms with van der Waals surface area (Å²) in [6.45, 7) is 2.67. The minimum absolute atomic E-state index is 0.00803. The first-order valence-corrected chi connectivity index (χ1v) is 12.6. The highest BCUT2D eigenvalue weighted by molar-refractivity contribution is 7.89. The number of benzene rings is 1. The average molecular weight is 501 g/mol. The van der Waals surface area contributed by atoms with Gasteiger partial charge in [-0.3, -0.25) is 4.79 Å². The lowest BCUT2D eigenvalue weighted by Gasteiger charge is -2.32. The first kappa shape index (κ1) is 24.9. The molecule has 0 unspecified atom stereocenters. The van der Waals surface area contributed by atoms with E-state index in [0.29, 0.717) is 54.4 Å². The SMILES string of the molecule is COCCOCCNS(=O)(=O)c1cccc(-c2ccc3ncnc(N4CCN(C)C(=O)C4)c3n2)c1. The fourth-order valence-corrected chi connectivity index (χ4v) is 4.72. The second kappa shape index (κ2) is 11.0. The van der Waals surface area contributed by atoms with E-state index in [0.717, 1.165) is 0 Å². The Morgan fingerprint density at radius 1 is 1.09 bits per heavy atom. The van der Waals surface area contributed by atoms with Gasteiger partial charge in [0.05, 0.1) is 42.5 Å². The van der Waals surface area contributed by atoms with Crippen molar-refractivity contribution in [3.05, 3.63) is 42.7 Å². The molecule has 1 fully saturated rings. The molecule has 2 aromatic heterocycles. The molecule has 3 aromatic rings. The fourth-order valence-electron chi connectivity index (χ4n) is 3.66. The van der Waals surface area contributed by atoms with Crippen molar-refractivity contribution in [3.8, 4) is 11.3 Å². The molecule has 4 rings (SSSR count). The summed E-state index contributed by atoms with van der Waals surface area (Å²) in [6.07, 6.45) is 1.46. The number of carbonyl (C=O) groups excluding carboxylic acids is 1. The van der Waals surface area contributed by atoms with Crippen molar-refractivity contribution in [1.29, 1.82) is 0 Å². The Labute approximate surface area is 204 Å². The van der Waals surface area contributed by atoms with E-state index in [-0.39, 0.29) is 30.5 Å². The number of nitrogens with one attached hydrogen (secondary N) is 1. The smallest absolute Gasteiger partial charge is 0.241 e. The van der Waals surface area contributed by atoms with E-state index in [1.54, 1.807) is 43.3 Å². The molecule has 0 radical (unpaired) electrons. The highest BCUT2D eigenvalue weighted by Gasteiger charge is 2.24. The van der Waals surface area contributed by atoms with E-state index in [4.69, 9.17) is 14.5 Å². The number of nitrogens with zero attached hydrogens (tertiary/aromatic N) is 5. The molecule has 0 saturated carbocycles. The van der Waals surface area contributed by atoms with E-state index in [2.05, 4.69) is 14.7 Å². The summed E-state index contributed by atoms with van der Waals surface area (Å²) < 4.78 is 38.3. The summed E-state index contributed by atoms with van der Waals surface area (Å²) in [7, 11) is -0.376. The molecule has 1 aliphatic heterocycles. The van der Waals surface area contributed by atoms with Crippen LogP contribution in [0.5, 0.6) is 0 Å². The normalized spacial score (nSPS) is 14.6. The van der Waals surface area contributed by atoms with Gasteiger partial charge in [-0.05, 0) is 24.3 Å². The van der Waals surface area contributed by atoms with Gasteiger partial charge in [0.1, 0.15) is 11.8 Å². The van der Waals surface area contributed by atoms with Gasteiger partial charge in [-0.15, -0.1) is 0 Å². The predicted octanol–water partition coefficient (Wildman–Crippen LogP) is 0.912. The minimum atomic E-state index is -3.73. The van der Waals surface area contributed by atoms with Crippen LogP contribution in [0.2, 0.25) is 0 Å². The first-order valence-electron chi connectivity index (χ1n) is 11.2. The van der Waals surface area contributed by atoms with Gasteiger partial charge >= 0.3 is 0 Å². The van der Waals surface area contributed by atoms with Crippen LogP contribution in [0.1, 0.15) is 0 Å². The number of pyridine rings is 1. The number of likely N-dealkylation sites (N-methyl/N-ethyl adjacent to an activating group) is 1. The number of hydrogen-bond donors (Lipinski definition) is 1. The quantitative estimate of drug-likeness (QED) is 0.404. The molecule has 1 aliphatic rings. The van der Waals surface area contributed by atoms with Gasteiger partial charge in [-0.25, -0.2) is 28.1 Å². The largest absolute Gasteiger partial charge is 0.382 e. The zero-order valence-corrected chi connectivity index (χ0v) is 20.5. The van der Waals surface area contributed by atoms with E-state index in [1.807, 2.05) is 11.0 Å². The van der Waals surface area contributed by atoms with Crippen LogP contribution in [-0.4, -0.2) is 94.3 Å². The van der Waals surface area contributed by atoms with E-state index < -0.39 is 10.0 Å². The maximum Gasteiger partial charge on any atom is 0.241 e. The lowest BCUT2D eigenvalue weighted by Crippen LogP contribution is -2.49. The van der Waals surface area contributed by atoms with Crippen molar-refractivity contribution in [3.63, 3.8) is 0 Å². The summed E-state index contributed by atoms with van der Waals surface area (Å²) >= 11 is 0. The Hall–Kier alpha value is -3.19. The maximum absolute atomic E-state index is 12.8. The highest BCUT2D eigenvalue weighted by Crippen LogP contribution is 2.27. The molecule has 11 nitrogen and oxygen atoms in total. The Morgan fingerprint density at radius 2 is 1.94 bits per heavy atom. The van der Waals surface area contributed by atoms with Crippen LogP contribution in [0.3, 0.4) is 0 Å². The first-order chi connectivity index (χ1) is 16.9. The Kier molecular flexibility index (Phi) is 7.86. The molecule has 0 aliphatic carbocycles. The van der Waals surface area contributed by atoms with Crippen LogP contribution < -0.4 is 9.62 Å². The molecule has 1 N–H and O–H groups in total. The van der Waals surface area contributed by atoms with Crippen molar-refractivity contribution in [2.75, 3.05) is 65.1 Å². The number of amides is 1. The van der Waals surface area contributed by atoms with Crippen LogP contribution in [0.4, 0.5) is 5.82 Å². The minimum Gasteiger partial charge on any atom is -0.382 e. The lowest BCUT2D eigenvalue weighted by atomic mass is 10.1. The Balaban J connectivity index is 1.57. The molecular weight excluding hydrogens is 472 g/mol. The number of sulfonamides is 1. The Morgan fingerprint density at radius 3 is 2.74 bits per heavy atom. The third-order valence-electron chi connectivity index (χ3n) is 5.63. The number of methoxy groups -OCH3 is 1. The number of anilines is 1. The van der Waals surface area contributed by atoms with Gasteiger partial charge in [0.2, 0.25) is 15.9 Å². The molecule has 0 atom stereocenters. The number of piperazine rings is 1. The van der Waals surface area contributed by atoms with Crippen LogP contribution in [-0.2, 0) is 24.3 Å². The van der Waals surface area contributed by atoms with Gasteiger partial charge in [0.15, 0.2) is 5.82 Å². The summed E-state index contributed by atoms with van der Waals surface area (Å²) in [5.41, 5.74) is 2.41. The molecule has 1 saturated heterocycles. The molecule has 0 spiro atoms. The van der Waals surface area contributed by atoms with Crippen LogP contribution in [0.15, 0.2) is 47.6 Å². The summed E-state index contributed by atoms with van der Waals surface area (Å²) in [6, 6.07) is 10.2. The van der Waals surface area contributed by atoms with Crippen molar-refractivity contribution >= 4 is 32.8 Å². The van der Waals surface area contributed by atoms with Gasteiger partial charge in [0, 0.05) is 39.4 Å². The van der Waals surface area contributed by atoms with Gasteiger partial charge < -0.3 is 19.3 Å². The van der Waals surface area contributed by atoms with E-state index >= 15 is 0 Å². The number of carbonyl (C=O) groups is 1. The summed E-state index contributed by atoms with van der Waals surface area (Å²) in [5.74, 6) is 0.589. The van der Waals surface area contributed by atoms with Crippen LogP contribution in [0, 0.1) is 0 Å². The molecular formula is C23H28N6O5S. The average Bonchev–Trinajstić information content (AvgIpc) is 2.87. The van der Waals surface area contributed by atoms with Gasteiger partial charge in [0.25, 0.3) is 0 Å². The summed E-state index contributed by atoms with van der Waals surface area (Å²) in [5, 5.41) is 0. The maximum atomic E-state index is 12.8. The van der Waals surface area contributed by atoms with Crippen LogP contribution in [0.25, 0.3) is 22.3 Å². The molecule has 1 amide bonds. The van der Waals surface area contributed by atoms with Gasteiger partial charge in [-0.2, -0.15) is 0 Å². The van der Waals surface area contributed by atoms with E-state index in [9.17, 15) is 13.2 Å². The van der Waals surface area contributed by atoms with Gasteiger partial charge in [-0.1, -0.05) is 12.1 Å². The summed E-state index contributed by atoms with van der Waals surface area (Å²) in [4.78, 5) is 29.4. The second-order valence-corrected chi connectivity index (χ2v) is 9.80. The zero-order chi connectivity index (χ0) is 24.8. The molecule has 1 aromatic carbocycles. The molecule has 12 heteroatoms. The fraction of sp³-hybridized carbons (Fsp3) is 0.391. The van der Waals surface area contributed by atoms with Crippen LogP contribution >= 0.6 is 0 Å². The highest BCUT2D eigenvalue weighted by atomic mass is 32.2. The lowest BCUT2D eigenvalue weighted by molar-refractivity contribution is -0.129. The molecule has 35 heavy (non-hydrogen) atoms. The number of hydrogen-bond acceptors (Lipinski definition) is 9. The molecule has 0 bridgehead atoms.